The first kappa shape index (κ1) is 15.3. The van der Waals surface area contributed by atoms with Gasteiger partial charge in [-0.3, -0.25) is 4.68 Å². The van der Waals surface area contributed by atoms with Crippen LogP contribution in [-0.2, 0) is 16.0 Å². The third kappa shape index (κ3) is 3.71. The molecule has 3 atom stereocenters. The zero-order chi connectivity index (χ0) is 14.4. The number of nitrogens with one attached hydrogen (secondary N) is 1. The zero-order valence-electron chi connectivity index (χ0n) is 12.5. The molecule has 0 aromatic carbocycles. The van der Waals surface area contributed by atoms with Crippen molar-refractivity contribution in [2.75, 3.05) is 26.9 Å². The Labute approximate surface area is 120 Å². The number of hydrogen-bond acceptors (Lipinski definition) is 5. The fourth-order valence-electron chi connectivity index (χ4n) is 2.40. The molecule has 1 heterocycles. The highest BCUT2D eigenvalue weighted by Gasteiger charge is 2.43. The molecule has 6 heteroatoms. The smallest absolute Gasteiger partial charge is 0.157 e. The van der Waals surface area contributed by atoms with Gasteiger partial charge in [0.15, 0.2) is 5.75 Å². The van der Waals surface area contributed by atoms with Crippen LogP contribution in [0.4, 0.5) is 0 Å². The van der Waals surface area contributed by atoms with Crippen LogP contribution in [0.3, 0.4) is 0 Å². The summed E-state index contributed by atoms with van der Waals surface area (Å²) in [6.07, 6.45) is 4.81. The molecule has 114 valence electrons. The van der Waals surface area contributed by atoms with Gasteiger partial charge in [-0.15, -0.1) is 0 Å². The number of hydrogen-bond donors (Lipinski definition) is 1. The predicted octanol–water partition coefficient (Wildman–Crippen LogP) is 1.06. The summed E-state index contributed by atoms with van der Waals surface area (Å²) in [5.74, 6) is 0.812. The average molecular weight is 283 g/mol. The van der Waals surface area contributed by atoms with Crippen LogP contribution in [0.1, 0.15) is 20.3 Å². The molecule has 1 saturated carbocycles. The number of rotatable bonds is 9. The number of methoxy groups -OCH3 is 1. The van der Waals surface area contributed by atoms with Crippen LogP contribution in [0.15, 0.2) is 12.4 Å². The lowest BCUT2D eigenvalue weighted by Gasteiger charge is -2.43. The third-order valence-corrected chi connectivity index (χ3v) is 3.53. The molecule has 0 spiro atoms. The molecule has 3 unspecified atom stereocenters. The Hall–Kier alpha value is -1.11. The van der Waals surface area contributed by atoms with E-state index in [2.05, 4.69) is 24.3 Å². The van der Waals surface area contributed by atoms with Crippen LogP contribution >= 0.6 is 0 Å². The minimum atomic E-state index is 0.0788. The Kier molecular flexibility index (Phi) is 5.82. The molecule has 0 amide bonds. The fourth-order valence-corrected chi connectivity index (χ4v) is 2.40. The van der Waals surface area contributed by atoms with Crippen molar-refractivity contribution in [2.45, 2.75) is 45.1 Å². The van der Waals surface area contributed by atoms with Gasteiger partial charge in [-0.25, -0.2) is 0 Å². The first-order valence-electron chi connectivity index (χ1n) is 7.31. The lowest BCUT2D eigenvalue weighted by molar-refractivity contribution is -0.115. The second kappa shape index (κ2) is 7.61. The van der Waals surface area contributed by atoms with Gasteiger partial charge in [0.05, 0.1) is 25.6 Å². The van der Waals surface area contributed by atoms with Crippen LogP contribution in [0.25, 0.3) is 0 Å². The monoisotopic (exact) mass is 283 g/mol. The predicted molar refractivity (Wildman–Crippen MR) is 76.0 cm³/mol. The molecule has 1 aliphatic carbocycles. The molecular weight excluding hydrogens is 258 g/mol. The lowest BCUT2D eigenvalue weighted by atomic mass is 9.85. The maximum atomic E-state index is 5.96. The van der Waals surface area contributed by atoms with E-state index in [1.165, 1.54) is 0 Å². The Morgan fingerprint density at radius 2 is 2.25 bits per heavy atom. The summed E-state index contributed by atoms with van der Waals surface area (Å²) >= 11 is 0. The molecule has 1 aliphatic rings. The van der Waals surface area contributed by atoms with Crippen molar-refractivity contribution < 1.29 is 14.2 Å². The maximum absolute atomic E-state index is 5.96. The number of ether oxygens (including phenoxy) is 3. The van der Waals surface area contributed by atoms with Gasteiger partial charge in [-0.1, -0.05) is 6.92 Å². The van der Waals surface area contributed by atoms with Gasteiger partial charge in [0.2, 0.25) is 0 Å². The van der Waals surface area contributed by atoms with Gasteiger partial charge in [-0.2, -0.15) is 5.10 Å². The van der Waals surface area contributed by atoms with Crippen molar-refractivity contribution in [3.63, 3.8) is 0 Å². The van der Waals surface area contributed by atoms with E-state index >= 15 is 0 Å². The van der Waals surface area contributed by atoms with Crippen molar-refractivity contribution in [3.8, 4) is 5.75 Å². The molecule has 0 saturated heterocycles. The molecular formula is C14H25N3O3. The molecule has 0 bridgehead atoms. The van der Waals surface area contributed by atoms with Crippen molar-refractivity contribution in [2.24, 2.45) is 0 Å². The van der Waals surface area contributed by atoms with E-state index < -0.39 is 0 Å². The first-order valence-corrected chi connectivity index (χ1v) is 7.31. The van der Waals surface area contributed by atoms with Crippen LogP contribution in [0.5, 0.6) is 5.75 Å². The van der Waals surface area contributed by atoms with Crippen molar-refractivity contribution >= 4 is 0 Å². The largest absolute Gasteiger partial charge is 0.484 e. The van der Waals surface area contributed by atoms with Crippen LogP contribution in [0, 0.1) is 0 Å². The average Bonchev–Trinajstić information content (AvgIpc) is 2.90. The van der Waals surface area contributed by atoms with Crippen LogP contribution < -0.4 is 10.1 Å². The van der Waals surface area contributed by atoms with E-state index in [9.17, 15) is 0 Å². The van der Waals surface area contributed by atoms with E-state index in [0.29, 0.717) is 19.3 Å². The minimum Gasteiger partial charge on any atom is -0.484 e. The topological polar surface area (TPSA) is 57.5 Å². The Balaban J connectivity index is 1.85. The maximum Gasteiger partial charge on any atom is 0.157 e. The second-order valence-electron chi connectivity index (χ2n) is 4.92. The summed E-state index contributed by atoms with van der Waals surface area (Å²) < 4.78 is 18.7. The standard InChI is InChI=1S/C14H25N3O3/c1-4-15-12-8-13(14(12)19-7-6-18-3)20-11-9-16-17(5-2)10-11/h9-10,12-15H,4-8H2,1-3H3. The van der Waals surface area contributed by atoms with Crippen molar-refractivity contribution in [3.05, 3.63) is 12.4 Å². The molecule has 1 aromatic heterocycles. The molecule has 6 nitrogen and oxygen atoms in total. The molecule has 20 heavy (non-hydrogen) atoms. The summed E-state index contributed by atoms with van der Waals surface area (Å²) in [7, 11) is 1.68. The zero-order valence-corrected chi connectivity index (χ0v) is 12.5. The Morgan fingerprint density at radius 3 is 2.90 bits per heavy atom. The summed E-state index contributed by atoms with van der Waals surface area (Å²) in [6, 6.07) is 0.364. The van der Waals surface area contributed by atoms with E-state index in [1.54, 1.807) is 13.3 Å². The quantitative estimate of drug-likeness (QED) is 0.687. The molecule has 2 rings (SSSR count). The highest BCUT2D eigenvalue weighted by Crippen LogP contribution is 2.29. The highest BCUT2D eigenvalue weighted by atomic mass is 16.6. The number of likely N-dealkylation sites (N-methyl/N-ethyl adjacent to an activating group) is 1. The number of aromatic nitrogens is 2. The van der Waals surface area contributed by atoms with E-state index in [-0.39, 0.29) is 12.2 Å². The van der Waals surface area contributed by atoms with E-state index in [0.717, 1.165) is 25.3 Å². The number of nitrogens with zero attached hydrogens (tertiary/aromatic N) is 2. The minimum absolute atomic E-state index is 0.0788. The van der Waals surface area contributed by atoms with Gasteiger partial charge < -0.3 is 19.5 Å². The first-order chi connectivity index (χ1) is 9.78. The normalized spacial score (nSPS) is 25.4. The summed E-state index contributed by atoms with van der Waals surface area (Å²) in [6.45, 7) is 7.15. The molecule has 1 aromatic rings. The van der Waals surface area contributed by atoms with Crippen molar-refractivity contribution in [1.29, 1.82) is 0 Å². The van der Waals surface area contributed by atoms with Crippen molar-refractivity contribution in [1.82, 2.24) is 15.1 Å². The second-order valence-corrected chi connectivity index (χ2v) is 4.92. The van der Waals surface area contributed by atoms with Gasteiger partial charge >= 0.3 is 0 Å². The molecule has 1 N–H and O–H groups in total. The number of aryl methyl sites for hydroxylation is 1. The highest BCUT2D eigenvalue weighted by molar-refractivity contribution is 5.14. The fraction of sp³-hybridized carbons (Fsp3) is 0.786. The molecule has 0 radical (unpaired) electrons. The Morgan fingerprint density at radius 1 is 1.40 bits per heavy atom. The summed E-state index contributed by atoms with van der Waals surface area (Å²) in [5, 5.41) is 7.64. The molecule has 1 fully saturated rings. The van der Waals surface area contributed by atoms with Gasteiger partial charge in [0.25, 0.3) is 0 Å². The third-order valence-electron chi connectivity index (χ3n) is 3.53. The van der Waals surface area contributed by atoms with E-state index in [1.807, 2.05) is 10.9 Å². The van der Waals surface area contributed by atoms with Gasteiger partial charge in [0, 0.05) is 26.1 Å². The summed E-state index contributed by atoms with van der Waals surface area (Å²) in [5.41, 5.74) is 0. The SMILES string of the molecule is CCNC1CC(Oc2cnn(CC)c2)C1OCCOC. The van der Waals surface area contributed by atoms with E-state index in [4.69, 9.17) is 14.2 Å². The van der Waals surface area contributed by atoms with Crippen LogP contribution in [0.2, 0.25) is 0 Å². The molecule has 0 aliphatic heterocycles. The Bertz CT molecular complexity index is 397. The van der Waals surface area contributed by atoms with Gasteiger partial charge in [-0.05, 0) is 13.5 Å². The lowest BCUT2D eigenvalue weighted by Crippen LogP contribution is -2.61. The van der Waals surface area contributed by atoms with Crippen LogP contribution in [-0.4, -0.2) is 54.9 Å². The summed E-state index contributed by atoms with van der Waals surface area (Å²) in [4.78, 5) is 0. The van der Waals surface area contributed by atoms with Gasteiger partial charge in [0.1, 0.15) is 12.2 Å².